The second kappa shape index (κ2) is 7.60. The highest BCUT2D eigenvalue weighted by atomic mass is 16.3. The number of aryl methyl sites for hydroxylation is 1. The molecule has 136 valence electrons. The Hall–Kier alpha value is -2.17. The number of hydrogen-bond donors (Lipinski definition) is 1. The quantitative estimate of drug-likeness (QED) is 0.757. The molecule has 4 heteroatoms. The topological polar surface area (TPSA) is 41.3 Å². The van der Waals surface area contributed by atoms with Crippen LogP contribution in [-0.4, -0.2) is 32.6 Å². The van der Waals surface area contributed by atoms with E-state index in [9.17, 15) is 5.11 Å². The summed E-state index contributed by atoms with van der Waals surface area (Å²) in [6.45, 7) is 6.24. The fourth-order valence-corrected chi connectivity index (χ4v) is 4.17. The van der Waals surface area contributed by atoms with Gasteiger partial charge in [0.15, 0.2) is 0 Å². The van der Waals surface area contributed by atoms with Crippen molar-refractivity contribution in [2.45, 2.75) is 39.0 Å². The van der Waals surface area contributed by atoms with Crippen molar-refractivity contribution in [2.75, 3.05) is 13.1 Å². The van der Waals surface area contributed by atoms with Crippen LogP contribution in [0.15, 0.2) is 54.9 Å². The maximum atomic E-state index is 10.6. The second-order valence-electron chi connectivity index (χ2n) is 7.27. The van der Waals surface area contributed by atoms with E-state index in [-0.39, 0.29) is 0 Å². The summed E-state index contributed by atoms with van der Waals surface area (Å²) >= 11 is 0. The molecule has 0 spiro atoms. The molecule has 26 heavy (non-hydrogen) atoms. The lowest BCUT2D eigenvalue weighted by molar-refractivity contribution is 0.0541. The summed E-state index contributed by atoms with van der Waals surface area (Å²) in [7, 11) is 0. The summed E-state index contributed by atoms with van der Waals surface area (Å²) in [5, 5.41) is 12.0. The minimum absolute atomic E-state index is 0.304. The molecule has 0 bridgehead atoms. The normalized spacial score (nSPS) is 17.6. The zero-order chi connectivity index (χ0) is 17.9. The number of hydrogen-bond acceptors (Lipinski definition) is 3. The lowest BCUT2D eigenvalue weighted by atomic mass is 9.89. The largest absolute Gasteiger partial charge is 0.387 e. The zero-order valence-corrected chi connectivity index (χ0v) is 15.4. The van der Waals surface area contributed by atoms with Crippen molar-refractivity contribution in [1.82, 2.24) is 14.5 Å². The molecule has 0 amide bonds. The van der Waals surface area contributed by atoms with Crippen LogP contribution >= 0.6 is 0 Å². The first-order chi connectivity index (χ1) is 12.8. The van der Waals surface area contributed by atoms with Gasteiger partial charge in [-0.15, -0.1) is 0 Å². The number of rotatable bonds is 5. The Bertz CT molecular complexity index is 850. The van der Waals surface area contributed by atoms with E-state index in [0.29, 0.717) is 5.92 Å². The molecule has 1 atom stereocenters. The molecule has 4 nitrogen and oxygen atoms in total. The van der Waals surface area contributed by atoms with Crippen molar-refractivity contribution in [3.05, 3.63) is 66.1 Å². The smallest absolute Gasteiger partial charge is 0.0988 e. The van der Waals surface area contributed by atoms with Crippen molar-refractivity contribution >= 4 is 10.9 Å². The highest BCUT2D eigenvalue weighted by molar-refractivity contribution is 5.83. The van der Waals surface area contributed by atoms with E-state index >= 15 is 0 Å². The molecule has 1 fully saturated rings. The van der Waals surface area contributed by atoms with Crippen LogP contribution in [0, 0.1) is 5.92 Å². The van der Waals surface area contributed by atoms with Gasteiger partial charge < -0.3 is 9.67 Å². The van der Waals surface area contributed by atoms with Crippen LogP contribution in [0.25, 0.3) is 10.9 Å². The Labute approximate surface area is 155 Å². The molecule has 3 aromatic rings. The number of aromatic nitrogens is 2. The summed E-state index contributed by atoms with van der Waals surface area (Å²) in [6.07, 6.45) is 5.66. The minimum Gasteiger partial charge on any atom is -0.387 e. The number of para-hydroxylation sites is 1. The van der Waals surface area contributed by atoms with Gasteiger partial charge in [-0.1, -0.05) is 24.3 Å². The van der Waals surface area contributed by atoms with Gasteiger partial charge in [-0.25, -0.2) is 0 Å². The van der Waals surface area contributed by atoms with Crippen molar-refractivity contribution in [3.8, 4) is 0 Å². The molecular formula is C22H27N3O. The van der Waals surface area contributed by atoms with Crippen molar-refractivity contribution < 1.29 is 5.11 Å². The van der Waals surface area contributed by atoms with E-state index in [1.165, 1.54) is 16.5 Å². The van der Waals surface area contributed by atoms with Crippen LogP contribution in [0.5, 0.6) is 0 Å². The first-order valence-corrected chi connectivity index (χ1v) is 9.64. The van der Waals surface area contributed by atoms with Crippen LogP contribution < -0.4 is 0 Å². The number of likely N-dealkylation sites (tertiary alicyclic amines) is 1. The number of fused-ring (bicyclic) bond motifs is 1. The minimum atomic E-state index is -0.444. The van der Waals surface area contributed by atoms with E-state index in [1.54, 1.807) is 6.20 Å². The molecule has 3 heterocycles. The van der Waals surface area contributed by atoms with Crippen molar-refractivity contribution in [3.63, 3.8) is 0 Å². The molecule has 0 radical (unpaired) electrons. The van der Waals surface area contributed by atoms with Gasteiger partial charge in [0.2, 0.25) is 0 Å². The van der Waals surface area contributed by atoms with E-state index in [2.05, 4.69) is 51.8 Å². The number of piperidine rings is 1. The summed E-state index contributed by atoms with van der Waals surface area (Å²) in [6, 6.07) is 14.4. The van der Waals surface area contributed by atoms with Crippen LogP contribution in [0.3, 0.4) is 0 Å². The molecular weight excluding hydrogens is 322 g/mol. The fourth-order valence-electron chi connectivity index (χ4n) is 4.17. The van der Waals surface area contributed by atoms with E-state index in [4.69, 9.17) is 0 Å². The summed E-state index contributed by atoms with van der Waals surface area (Å²) in [5.74, 6) is 0.304. The van der Waals surface area contributed by atoms with E-state index in [1.807, 2.05) is 18.2 Å². The Kier molecular flexibility index (Phi) is 5.05. The standard InChI is InChI=1S/C22H27N3O/c1-2-25-16-18(19-7-3-4-9-21(19)25)15-24-13-10-17(11-14-24)22(26)20-8-5-6-12-23-20/h3-9,12,16-17,22,26H,2,10-11,13-15H2,1H3. The van der Waals surface area contributed by atoms with Gasteiger partial charge in [0.25, 0.3) is 0 Å². The second-order valence-corrected chi connectivity index (χ2v) is 7.27. The summed E-state index contributed by atoms with van der Waals surface area (Å²) < 4.78 is 2.34. The van der Waals surface area contributed by atoms with Gasteiger partial charge in [0.1, 0.15) is 0 Å². The van der Waals surface area contributed by atoms with Crippen LogP contribution in [0.1, 0.15) is 37.1 Å². The van der Waals surface area contributed by atoms with Gasteiger partial charge >= 0.3 is 0 Å². The van der Waals surface area contributed by atoms with Gasteiger partial charge in [0, 0.05) is 36.4 Å². The third-order valence-corrected chi connectivity index (χ3v) is 5.68. The van der Waals surface area contributed by atoms with Gasteiger partial charge in [0.05, 0.1) is 11.8 Å². The molecule has 4 rings (SSSR count). The highest BCUT2D eigenvalue weighted by Crippen LogP contribution is 2.31. The third-order valence-electron chi connectivity index (χ3n) is 5.68. The zero-order valence-electron chi connectivity index (χ0n) is 15.4. The molecule has 1 N–H and O–H groups in total. The van der Waals surface area contributed by atoms with Crippen molar-refractivity contribution in [2.24, 2.45) is 5.92 Å². The number of aliphatic hydroxyl groups is 1. The van der Waals surface area contributed by atoms with E-state index < -0.39 is 6.10 Å². The summed E-state index contributed by atoms with van der Waals surface area (Å²) in [4.78, 5) is 6.84. The molecule has 1 aromatic carbocycles. The van der Waals surface area contributed by atoms with Gasteiger partial charge in [-0.3, -0.25) is 9.88 Å². The van der Waals surface area contributed by atoms with Crippen LogP contribution in [0.2, 0.25) is 0 Å². The Morgan fingerprint density at radius 1 is 1.12 bits per heavy atom. The predicted molar refractivity (Wildman–Crippen MR) is 105 cm³/mol. The SMILES string of the molecule is CCn1cc(CN2CCC(C(O)c3ccccn3)CC2)c2ccccc21. The van der Waals surface area contributed by atoms with E-state index in [0.717, 1.165) is 44.7 Å². The highest BCUT2D eigenvalue weighted by Gasteiger charge is 2.27. The van der Waals surface area contributed by atoms with Gasteiger partial charge in [-0.2, -0.15) is 0 Å². The monoisotopic (exact) mass is 349 g/mol. The lowest BCUT2D eigenvalue weighted by Crippen LogP contribution is -2.35. The number of pyridine rings is 1. The fraction of sp³-hybridized carbons (Fsp3) is 0.409. The molecule has 1 aliphatic rings. The molecule has 0 aliphatic carbocycles. The van der Waals surface area contributed by atoms with Gasteiger partial charge in [-0.05, 0) is 62.5 Å². The maximum Gasteiger partial charge on any atom is 0.0988 e. The average molecular weight is 349 g/mol. The van der Waals surface area contributed by atoms with Crippen molar-refractivity contribution in [1.29, 1.82) is 0 Å². The lowest BCUT2D eigenvalue weighted by Gasteiger charge is -2.34. The Morgan fingerprint density at radius 2 is 1.88 bits per heavy atom. The molecule has 1 aliphatic heterocycles. The molecule has 0 saturated carbocycles. The third kappa shape index (κ3) is 3.39. The average Bonchev–Trinajstić information content (AvgIpc) is 3.06. The molecule has 2 aromatic heterocycles. The van der Waals surface area contributed by atoms with Crippen LogP contribution in [0.4, 0.5) is 0 Å². The molecule has 1 unspecified atom stereocenters. The molecule has 1 saturated heterocycles. The predicted octanol–water partition coefficient (Wildman–Crippen LogP) is 4.00. The Morgan fingerprint density at radius 3 is 2.62 bits per heavy atom. The first kappa shape index (κ1) is 17.3. The summed E-state index contributed by atoms with van der Waals surface area (Å²) in [5.41, 5.74) is 3.54. The number of aliphatic hydroxyl groups excluding tert-OH is 1. The maximum absolute atomic E-state index is 10.6. The van der Waals surface area contributed by atoms with Crippen LogP contribution in [-0.2, 0) is 13.1 Å². The number of nitrogens with zero attached hydrogens (tertiary/aromatic N) is 3. The number of benzene rings is 1. The first-order valence-electron chi connectivity index (χ1n) is 9.64. The Balaban J connectivity index is 1.42.